The SMILES string of the molecule is NC(c1ccc(CNc2cccc3c2C(O)NC3O)c(F)c1)C1CN(C2CCOCC2)C1. The number of nitrogens with one attached hydrogen (secondary N) is 2. The van der Waals surface area contributed by atoms with Gasteiger partial charge in [0.1, 0.15) is 18.3 Å². The van der Waals surface area contributed by atoms with E-state index >= 15 is 0 Å². The van der Waals surface area contributed by atoms with Gasteiger partial charge in [-0.05, 0) is 30.5 Å². The van der Waals surface area contributed by atoms with Gasteiger partial charge < -0.3 is 26.0 Å². The maximum Gasteiger partial charge on any atom is 0.135 e. The number of aliphatic hydroxyl groups excluding tert-OH is 2. The Morgan fingerprint density at radius 2 is 1.94 bits per heavy atom. The van der Waals surface area contributed by atoms with Crippen molar-refractivity contribution in [2.45, 2.75) is 43.9 Å². The molecule has 3 unspecified atom stereocenters. The van der Waals surface area contributed by atoms with Crippen molar-refractivity contribution in [3.8, 4) is 0 Å². The number of likely N-dealkylation sites (tertiary alicyclic amines) is 1. The van der Waals surface area contributed by atoms with E-state index in [1.165, 1.54) is 0 Å². The molecule has 3 aliphatic heterocycles. The summed E-state index contributed by atoms with van der Waals surface area (Å²) in [5, 5.41) is 26.0. The van der Waals surface area contributed by atoms with Gasteiger partial charge in [0.2, 0.25) is 0 Å². The summed E-state index contributed by atoms with van der Waals surface area (Å²) in [5.41, 5.74) is 9.71. The molecule has 32 heavy (non-hydrogen) atoms. The number of hydrogen-bond donors (Lipinski definition) is 5. The van der Waals surface area contributed by atoms with E-state index in [0.717, 1.165) is 44.7 Å². The predicted octanol–water partition coefficient (Wildman–Crippen LogP) is 2.13. The van der Waals surface area contributed by atoms with Crippen LogP contribution in [0.4, 0.5) is 10.1 Å². The lowest BCUT2D eigenvalue weighted by atomic mass is 9.85. The first-order chi connectivity index (χ1) is 15.5. The second kappa shape index (κ2) is 9.05. The Kier molecular flexibility index (Phi) is 6.16. The minimum Gasteiger partial charge on any atom is -0.381 e. The highest BCUT2D eigenvalue weighted by molar-refractivity contribution is 5.58. The number of hydrogen-bond acceptors (Lipinski definition) is 7. The molecule has 5 rings (SSSR count). The van der Waals surface area contributed by atoms with Crippen LogP contribution in [0.5, 0.6) is 0 Å². The highest BCUT2D eigenvalue weighted by Gasteiger charge is 2.37. The molecule has 0 radical (unpaired) electrons. The zero-order chi connectivity index (χ0) is 22.2. The Morgan fingerprint density at radius 1 is 1.16 bits per heavy atom. The van der Waals surface area contributed by atoms with Crippen molar-refractivity contribution < 1.29 is 19.3 Å². The van der Waals surface area contributed by atoms with E-state index in [2.05, 4.69) is 15.5 Å². The topological polar surface area (TPSA) is 103 Å². The van der Waals surface area contributed by atoms with Crippen molar-refractivity contribution in [3.05, 3.63) is 64.5 Å². The van der Waals surface area contributed by atoms with Crippen LogP contribution in [-0.2, 0) is 11.3 Å². The van der Waals surface area contributed by atoms with Gasteiger partial charge in [0, 0.05) is 73.2 Å². The fourth-order valence-electron chi connectivity index (χ4n) is 5.10. The van der Waals surface area contributed by atoms with Gasteiger partial charge >= 0.3 is 0 Å². The van der Waals surface area contributed by atoms with Crippen LogP contribution in [0.15, 0.2) is 36.4 Å². The molecular formula is C24H31FN4O3. The lowest BCUT2D eigenvalue weighted by Crippen LogP contribution is -2.56. The first-order valence-corrected chi connectivity index (χ1v) is 11.4. The summed E-state index contributed by atoms with van der Waals surface area (Å²) in [6.45, 7) is 3.85. The molecule has 2 saturated heterocycles. The summed E-state index contributed by atoms with van der Waals surface area (Å²) in [6, 6.07) is 11.0. The molecule has 0 saturated carbocycles. The third-order valence-electron chi connectivity index (χ3n) is 7.11. The van der Waals surface area contributed by atoms with E-state index < -0.39 is 12.5 Å². The van der Waals surface area contributed by atoms with Crippen molar-refractivity contribution >= 4 is 5.69 Å². The summed E-state index contributed by atoms with van der Waals surface area (Å²) in [7, 11) is 0. The number of halogens is 1. The second-order valence-corrected chi connectivity index (χ2v) is 9.07. The van der Waals surface area contributed by atoms with E-state index in [0.29, 0.717) is 34.3 Å². The summed E-state index contributed by atoms with van der Waals surface area (Å²) >= 11 is 0. The highest BCUT2D eigenvalue weighted by atomic mass is 19.1. The number of aliphatic hydroxyl groups is 2. The molecule has 0 bridgehead atoms. The smallest absolute Gasteiger partial charge is 0.135 e. The molecule has 172 valence electrons. The predicted molar refractivity (Wildman–Crippen MR) is 119 cm³/mol. The molecule has 2 aromatic carbocycles. The molecule has 2 aromatic rings. The molecule has 0 spiro atoms. The third-order valence-corrected chi connectivity index (χ3v) is 7.11. The van der Waals surface area contributed by atoms with Crippen LogP contribution in [0.3, 0.4) is 0 Å². The van der Waals surface area contributed by atoms with Crippen molar-refractivity contribution in [1.29, 1.82) is 0 Å². The minimum atomic E-state index is -0.961. The molecule has 3 heterocycles. The van der Waals surface area contributed by atoms with Crippen molar-refractivity contribution in [3.63, 3.8) is 0 Å². The number of rotatable bonds is 6. The molecule has 3 atom stereocenters. The first-order valence-electron chi connectivity index (χ1n) is 11.4. The largest absolute Gasteiger partial charge is 0.381 e. The molecule has 0 amide bonds. The molecule has 0 aliphatic carbocycles. The molecule has 6 N–H and O–H groups in total. The maximum atomic E-state index is 14.9. The Labute approximate surface area is 187 Å². The third kappa shape index (κ3) is 4.14. The normalized spacial score (nSPS) is 25.4. The van der Waals surface area contributed by atoms with Gasteiger partial charge in [0.15, 0.2) is 0 Å². The number of nitrogens with two attached hydrogens (primary N) is 1. The van der Waals surface area contributed by atoms with E-state index in [1.807, 2.05) is 12.1 Å². The average Bonchev–Trinajstić information content (AvgIpc) is 3.06. The molecule has 8 heteroatoms. The minimum absolute atomic E-state index is 0.178. The Morgan fingerprint density at radius 3 is 2.69 bits per heavy atom. The lowest BCUT2D eigenvalue weighted by Gasteiger charge is -2.47. The molecular weight excluding hydrogens is 411 g/mol. The zero-order valence-corrected chi connectivity index (χ0v) is 18.0. The molecule has 3 aliphatic rings. The summed E-state index contributed by atoms with van der Waals surface area (Å²) < 4.78 is 20.3. The molecule has 7 nitrogen and oxygen atoms in total. The van der Waals surface area contributed by atoms with Crippen molar-refractivity contribution in [2.75, 3.05) is 31.6 Å². The fraction of sp³-hybridized carbons (Fsp3) is 0.500. The number of benzene rings is 2. The fourth-order valence-corrected chi connectivity index (χ4v) is 5.10. The molecule has 0 aromatic heterocycles. The van der Waals surface area contributed by atoms with Crippen LogP contribution in [0, 0.1) is 11.7 Å². The Bertz CT molecular complexity index is 962. The van der Waals surface area contributed by atoms with Crippen LogP contribution in [-0.4, -0.2) is 47.5 Å². The van der Waals surface area contributed by atoms with Crippen molar-refractivity contribution in [1.82, 2.24) is 10.2 Å². The average molecular weight is 443 g/mol. The van der Waals surface area contributed by atoms with Gasteiger partial charge in [-0.15, -0.1) is 0 Å². The number of nitrogens with zero attached hydrogens (tertiary/aromatic N) is 1. The number of fused-ring (bicyclic) bond motifs is 1. The maximum absolute atomic E-state index is 14.9. The Hall–Kier alpha value is -2.07. The summed E-state index contributed by atoms with van der Waals surface area (Å²) in [6.07, 6.45) is 0.287. The van der Waals surface area contributed by atoms with Gasteiger partial charge in [-0.25, -0.2) is 4.39 Å². The first kappa shape index (κ1) is 21.8. The van der Waals surface area contributed by atoms with Crippen LogP contribution in [0.2, 0.25) is 0 Å². The quantitative estimate of drug-likeness (QED) is 0.467. The van der Waals surface area contributed by atoms with Crippen LogP contribution >= 0.6 is 0 Å². The second-order valence-electron chi connectivity index (χ2n) is 9.07. The van der Waals surface area contributed by atoms with Gasteiger partial charge in [0.05, 0.1) is 0 Å². The standard InChI is InChI=1S/C24H31FN4O3/c25-19-10-14(22(26)16-12-29(13-16)17-6-8-32-9-7-17)4-5-15(19)11-27-20-3-1-2-18-21(20)24(31)28-23(18)30/h1-5,10,16-17,22-24,27-28,30-31H,6-9,11-13,26H2. The number of anilines is 1. The zero-order valence-electron chi connectivity index (χ0n) is 18.0. The van der Waals surface area contributed by atoms with E-state index in [9.17, 15) is 14.6 Å². The van der Waals surface area contributed by atoms with Crippen molar-refractivity contribution in [2.24, 2.45) is 11.7 Å². The van der Waals surface area contributed by atoms with Gasteiger partial charge in [-0.2, -0.15) is 0 Å². The van der Waals surface area contributed by atoms with Gasteiger partial charge in [-0.1, -0.05) is 24.3 Å². The lowest BCUT2D eigenvalue weighted by molar-refractivity contribution is -0.0215. The summed E-state index contributed by atoms with van der Waals surface area (Å²) in [5.74, 6) is 0.0471. The summed E-state index contributed by atoms with van der Waals surface area (Å²) in [4.78, 5) is 2.47. The van der Waals surface area contributed by atoms with Gasteiger partial charge in [-0.3, -0.25) is 10.2 Å². The number of ether oxygens (including phenoxy) is 1. The van der Waals surface area contributed by atoms with Gasteiger partial charge in [0.25, 0.3) is 0 Å². The van der Waals surface area contributed by atoms with Crippen LogP contribution < -0.4 is 16.4 Å². The highest BCUT2D eigenvalue weighted by Crippen LogP contribution is 2.36. The van der Waals surface area contributed by atoms with Crippen LogP contribution in [0.1, 0.15) is 53.6 Å². The van der Waals surface area contributed by atoms with Crippen LogP contribution in [0.25, 0.3) is 0 Å². The Balaban J connectivity index is 1.20. The van der Waals surface area contributed by atoms with E-state index in [1.54, 1.807) is 24.3 Å². The monoisotopic (exact) mass is 442 g/mol. The van der Waals surface area contributed by atoms with E-state index in [4.69, 9.17) is 10.5 Å². The van der Waals surface area contributed by atoms with E-state index in [-0.39, 0.29) is 18.4 Å². The molecule has 2 fully saturated rings.